The maximum atomic E-state index is 4.31. The van der Waals surface area contributed by atoms with E-state index in [4.69, 9.17) is 0 Å². The maximum Gasteiger partial charge on any atom is 0.149 e. The zero-order valence-electron chi connectivity index (χ0n) is 10.6. The van der Waals surface area contributed by atoms with E-state index in [1.165, 1.54) is 11.3 Å². The normalized spacial score (nSPS) is 17.7. The summed E-state index contributed by atoms with van der Waals surface area (Å²) in [6.45, 7) is 5.36. The average molecular weight is 263 g/mol. The van der Waals surface area contributed by atoms with Crippen molar-refractivity contribution in [3.8, 4) is 0 Å². The van der Waals surface area contributed by atoms with Crippen molar-refractivity contribution in [3.63, 3.8) is 0 Å². The van der Waals surface area contributed by atoms with Crippen molar-refractivity contribution < 1.29 is 0 Å². The number of aryl methyl sites for hydroxylation is 1. The highest BCUT2D eigenvalue weighted by molar-refractivity contribution is 7.09. The summed E-state index contributed by atoms with van der Waals surface area (Å²) >= 11 is 1.68. The van der Waals surface area contributed by atoms with Gasteiger partial charge in [-0.05, 0) is 20.3 Å². The van der Waals surface area contributed by atoms with Gasteiger partial charge in [-0.1, -0.05) is 0 Å². The number of aromatic nitrogens is 4. The minimum absolute atomic E-state index is 0.210. The second kappa shape index (κ2) is 4.78. The highest BCUT2D eigenvalue weighted by Crippen LogP contribution is 2.23. The number of nitrogens with zero attached hydrogens (tertiary/aromatic N) is 4. The first kappa shape index (κ1) is 11.8. The highest BCUT2D eigenvalue weighted by atomic mass is 32.1. The number of hydrogen-bond acceptors (Lipinski definition) is 5. The van der Waals surface area contributed by atoms with E-state index in [1.54, 1.807) is 11.3 Å². The molecule has 0 spiro atoms. The van der Waals surface area contributed by atoms with Crippen molar-refractivity contribution in [1.82, 2.24) is 25.1 Å². The molecule has 6 heteroatoms. The number of fused-ring (bicyclic) bond motifs is 1. The van der Waals surface area contributed by atoms with Crippen LogP contribution in [0.4, 0.5) is 0 Å². The summed E-state index contributed by atoms with van der Waals surface area (Å²) in [5.41, 5.74) is 1.87. The molecule has 0 fully saturated rings. The van der Waals surface area contributed by atoms with Crippen LogP contribution in [-0.2, 0) is 13.0 Å². The first-order chi connectivity index (χ1) is 8.75. The first-order valence-corrected chi connectivity index (χ1v) is 7.20. The molecule has 2 atom stereocenters. The number of hydrogen-bond donors (Lipinski definition) is 1. The Bertz CT molecular complexity index is 519. The molecular formula is C12H17N5S. The van der Waals surface area contributed by atoms with Gasteiger partial charge < -0.3 is 9.88 Å². The van der Waals surface area contributed by atoms with Gasteiger partial charge >= 0.3 is 0 Å². The molecule has 1 aliphatic heterocycles. The smallest absolute Gasteiger partial charge is 0.149 e. The molecule has 18 heavy (non-hydrogen) atoms. The molecule has 1 N–H and O–H groups in total. The Labute approximate surface area is 110 Å². The quantitative estimate of drug-likeness (QED) is 0.917. The minimum Gasteiger partial charge on any atom is -0.314 e. The Morgan fingerprint density at radius 2 is 2.22 bits per heavy atom. The Morgan fingerprint density at radius 1 is 1.33 bits per heavy atom. The van der Waals surface area contributed by atoms with Crippen LogP contribution in [0.5, 0.6) is 0 Å². The Kier molecular flexibility index (Phi) is 3.13. The fraction of sp³-hybridized carbons (Fsp3) is 0.583. The van der Waals surface area contributed by atoms with Crippen LogP contribution >= 0.6 is 11.3 Å². The third-order valence-electron chi connectivity index (χ3n) is 3.40. The van der Waals surface area contributed by atoms with Gasteiger partial charge in [0.05, 0.1) is 11.6 Å². The molecule has 0 saturated heterocycles. The second-order valence-electron chi connectivity index (χ2n) is 4.74. The summed E-state index contributed by atoms with van der Waals surface area (Å²) in [7, 11) is 0. The number of rotatable bonds is 4. The molecule has 2 aromatic rings. The van der Waals surface area contributed by atoms with Crippen LogP contribution < -0.4 is 5.32 Å². The molecule has 0 bridgehead atoms. The van der Waals surface area contributed by atoms with E-state index in [0.29, 0.717) is 6.04 Å². The number of nitrogens with one attached hydrogen (secondary N) is 1. The maximum absolute atomic E-state index is 4.31. The predicted octanol–water partition coefficient (Wildman–Crippen LogP) is 2.09. The van der Waals surface area contributed by atoms with Crippen LogP contribution in [0, 0.1) is 0 Å². The average Bonchev–Trinajstić information content (AvgIpc) is 3.06. The Hall–Kier alpha value is -1.27. The van der Waals surface area contributed by atoms with E-state index in [9.17, 15) is 0 Å². The van der Waals surface area contributed by atoms with Crippen LogP contribution in [0.25, 0.3) is 0 Å². The molecule has 2 unspecified atom stereocenters. The van der Waals surface area contributed by atoms with Crippen molar-refractivity contribution in [2.75, 3.05) is 0 Å². The standard InChI is InChI=1S/C12H17N5S/c1-8(10-6-13-7-18-10)14-9(2)12-16-15-11-4-3-5-17(11)12/h6-9,14H,3-5H2,1-2H3. The topological polar surface area (TPSA) is 55.6 Å². The lowest BCUT2D eigenvalue weighted by molar-refractivity contribution is 0.463. The lowest BCUT2D eigenvalue weighted by Crippen LogP contribution is -2.24. The third kappa shape index (κ3) is 2.06. The second-order valence-corrected chi connectivity index (χ2v) is 5.66. The molecule has 1 aliphatic rings. The highest BCUT2D eigenvalue weighted by Gasteiger charge is 2.22. The molecule has 3 heterocycles. The fourth-order valence-electron chi connectivity index (χ4n) is 2.46. The van der Waals surface area contributed by atoms with E-state index in [1.807, 2.05) is 11.7 Å². The van der Waals surface area contributed by atoms with Crippen LogP contribution in [0.15, 0.2) is 11.7 Å². The molecule has 2 aromatic heterocycles. The Balaban J connectivity index is 1.73. The van der Waals surface area contributed by atoms with Crippen LogP contribution in [0.1, 0.15) is 48.9 Å². The van der Waals surface area contributed by atoms with Gasteiger partial charge in [0.1, 0.15) is 11.6 Å². The van der Waals surface area contributed by atoms with Gasteiger partial charge in [0, 0.05) is 30.1 Å². The predicted molar refractivity (Wildman–Crippen MR) is 70.4 cm³/mol. The van der Waals surface area contributed by atoms with E-state index < -0.39 is 0 Å². The van der Waals surface area contributed by atoms with E-state index >= 15 is 0 Å². The molecule has 0 amide bonds. The van der Waals surface area contributed by atoms with Gasteiger partial charge in [0.15, 0.2) is 0 Å². The molecule has 0 radical (unpaired) electrons. The van der Waals surface area contributed by atoms with Gasteiger partial charge in [-0.15, -0.1) is 21.5 Å². The lowest BCUT2D eigenvalue weighted by Gasteiger charge is -2.18. The Morgan fingerprint density at radius 3 is 3.00 bits per heavy atom. The van der Waals surface area contributed by atoms with E-state index in [2.05, 4.69) is 38.9 Å². The van der Waals surface area contributed by atoms with Gasteiger partial charge in [0.2, 0.25) is 0 Å². The monoisotopic (exact) mass is 263 g/mol. The van der Waals surface area contributed by atoms with Crippen molar-refractivity contribution >= 4 is 11.3 Å². The molecule has 5 nitrogen and oxygen atoms in total. The molecular weight excluding hydrogens is 246 g/mol. The van der Waals surface area contributed by atoms with Gasteiger partial charge in [-0.2, -0.15) is 0 Å². The molecule has 3 rings (SSSR count). The van der Waals surface area contributed by atoms with Crippen LogP contribution in [0.2, 0.25) is 0 Å². The molecule has 96 valence electrons. The number of thiazole rings is 1. The summed E-state index contributed by atoms with van der Waals surface area (Å²) in [6.07, 6.45) is 4.17. The summed E-state index contributed by atoms with van der Waals surface area (Å²) < 4.78 is 2.25. The fourth-order valence-corrected chi connectivity index (χ4v) is 3.10. The molecule has 0 aliphatic carbocycles. The SMILES string of the molecule is CC(NC(C)c1nnc2n1CCC2)c1cncs1. The molecule has 0 aromatic carbocycles. The van der Waals surface area contributed by atoms with Crippen LogP contribution in [0.3, 0.4) is 0 Å². The van der Waals surface area contributed by atoms with E-state index in [0.717, 1.165) is 24.6 Å². The van der Waals surface area contributed by atoms with Crippen molar-refractivity contribution in [1.29, 1.82) is 0 Å². The zero-order valence-corrected chi connectivity index (χ0v) is 11.4. The first-order valence-electron chi connectivity index (χ1n) is 6.32. The largest absolute Gasteiger partial charge is 0.314 e. The van der Waals surface area contributed by atoms with E-state index in [-0.39, 0.29) is 6.04 Å². The van der Waals surface area contributed by atoms with Crippen molar-refractivity contribution in [2.45, 2.75) is 45.3 Å². The summed E-state index contributed by atoms with van der Waals surface area (Å²) in [5, 5.41) is 12.1. The van der Waals surface area contributed by atoms with Gasteiger partial charge in [-0.3, -0.25) is 4.98 Å². The summed E-state index contributed by atoms with van der Waals surface area (Å²) in [6, 6.07) is 0.503. The minimum atomic E-state index is 0.210. The molecule has 0 saturated carbocycles. The van der Waals surface area contributed by atoms with Crippen molar-refractivity contribution in [3.05, 3.63) is 28.2 Å². The van der Waals surface area contributed by atoms with Crippen molar-refractivity contribution in [2.24, 2.45) is 0 Å². The summed E-state index contributed by atoms with van der Waals surface area (Å²) in [5.74, 6) is 2.18. The lowest BCUT2D eigenvalue weighted by atomic mass is 10.2. The van der Waals surface area contributed by atoms with Gasteiger partial charge in [-0.25, -0.2) is 0 Å². The van der Waals surface area contributed by atoms with Gasteiger partial charge in [0.25, 0.3) is 0 Å². The van der Waals surface area contributed by atoms with Crippen LogP contribution in [-0.4, -0.2) is 19.7 Å². The third-order valence-corrected chi connectivity index (χ3v) is 4.36. The zero-order chi connectivity index (χ0) is 12.5. The summed E-state index contributed by atoms with van der Waals surface area (Å²) in [4.78, 5) is 5.37.